The fourth-order valence-electron chi connectivity index (χ4n) is 10.3. The smallest absolute Gasteiger partial charge is 0.462 e. The summed E-state index contributed by atoms with van der Waals surface area (Å²) in [5.74, 6) is -2.36. The number of phosphoric acid groups is 2. The molecule has 0 bridgehead atoms. The number of rotatable bonds is 76. The molecule has 0 aromatic heterocycles. The minimum Gasteiger partial charge on any atom is -0.462 e. The Morgan fingerprint density at radius 3 is 0.800 bits per heavy atom. The molecule has 622 valence electrons. The van der Waals surface area contributed by atoms with Gasteiger partial charge in [0.15, 0.2) is 12.2 Å². The maximum atomic E-state index is 13.1. The zero-order chi connectivity index (χ0) is 80.3. The van der Waals surface area contributed by atoms with Crippen molar-refractivity contribution in [2.75, 3.05) is 39.6 Å². The molecule has 0 radical (unpaired) electrons. The predicted octanol–water partition coefficient (Wildman–Crippen LogP) is 24.9. The van der Waals surface area contributed by atoms with E-state index in [1.54, 1.807) is 0 Å². The SMILES string of the molecule is CC/C=C\C/C=C\C/C=C\C/C=C\C/C=C\C/C=C\CCC(=O)OCC(COP(=O)(O)OCC(O)COP(=O)(O)OCC(COC(=O)CCCCCC/C=C\C/C=C\C/C=C\C/C=C\CC)OC(=O)CCCCCCC/C=C\CCCCCCCC)OC(=O)CCCCC/C=C\C/C=C\C/C=C\C/C=C\C/C=C\CC. The first-order valence-corrected chi connectivity index (χ1v) is 44.7. The lowest BCUT2D eigenvalue weighted by Crippen LogP contribution is -2.30. The van der Waals surface area contributed by atoms with Crippen LogP contribution in [0.4, 0.5) is 0 Å². The van der Waals surface area contributed by atoms with Gasteiger partial charge in [0.05, 0.1) is 26.4 Å². The molecule has 110 heavy (non-hydrogen) atoms. The zero-order valence-electron chi connectivity index (χ0n) is 68.1. The van der Waals surface area contributed by atoms with Crippen LogP contribution in [0, 0.1) is 0 Å². The van der Waals surface area contributed by atoms with Crippen molar-refractivity contribution in [2.45, 2.75) is 316 Å². The third-order valence-electron chi connectivity index (χ3n) is 16.5. The second-order valence-electron chi connectivity index (χ2n) is 26.9. The Morgan fingerprint density at radius 1 is 0.264 bits per heavy atom. The van der Waals surface area contributed by atoms with Crippen molar-refractivity contribution in [3.63, 3.8) is 0 Å². The number of carbonyl (C=O) groups excluding carboxylic acids is 4. The number of ether oxygens (including phenoxy) is 4. The number of unbranched alkanes of at least 4 members (excludes halogenated alkanes) is 18. The summed E-state index contributed by atoms with van der Waals surface area (Å²) in [5.41, 5.74) is 0. The molecule has 0 saturated heterocycles. The van der Waals surface area contributed by atoms with E-state index in [-0.39, 0.29) is 25.7 Å². The average Bonchev–Trinajstić information content (AvgIpc) is 0.900. The molecule has 0 rings (SSSR count). The van der Waals surface area contributed by atoms with E-state index in [1.807, 2.05) is 18.2 Å². The molecular formula is C91H146O17P2. The molecule has 0 saturated carbocycles. The predicted molar refractivity (Wildman–Crippen MR) is 454 cm³/mol. The van der Waals surface area contributed by atoms with Crippen LogP contribution in [0.3, 0.4) is 0 Å². The van der Waals surface area contributed by atoms with E-state index in [1.165, 1.54) is 38.5 Å². The Morgan fingerprint density at radius 2 is 0.491 bits per heavy atom. The Balaban J connectivity index is 5.53. The first-order valence-electron chi connectivity index (χ1n) is 41.7. The summed E-state index contributed by atoms with van der Waals surface area (Å²) in [6, 6.07) is 0. The lowest BCUT2D eigenvalue weighted by atomic mass is 10.1. The maximum absolute atomic E-state index is 13.1. The Kier molecular flexibility index (Phi) is 76.4. The number of aliphatic hydroxyl groups excluding tert-OH is 1. The molecule has 0 amide bonds. The third kappa shape index (κ3) is 80.0. The largest absolute Gasteiger partial charge is 0.472 e. The van der Waals surface area contributed by atoms with Crippen molar-refractivity contribution < 1.29 is 80.2 Å². The van der Waals surface area contributed by atoms with Crippen LogP contribution in [0.25, 0.3) is 0 Å². The van der Waals surface area contributed by atoms with Crippen LogP contribution in [-0.4, -0.2) is 96.7 Å². The summed E-state index contributed by atoms with van der Waals surface area (Å²) in [6.07, 6.45) is 99.8. The summed E-state index contributed by atoms with van der Waals surface area (Å²) in [5, 5.41) is 10.7. The molecule has 3 N–H and O–H groups in total. The summed E-state index contributed by atoms with van der Waals surface area (Å²) in [6.45, 7) is 4.36. The van der Waals surface area contributed by atoms with E-state index >= 15 is 0 Å². The standard InChI is InChI=1S/C91H146O17P2/c1-5-9-13-17-21-25-29-33-37-40-42-45-49-52-56-60-64-68-72-76-89(94)102-82-87(108-91(96)78-74-70-66-62-58-54-50-46-43-41-38-34-30-26-22-18-14-10-6-2)84-106-110(99,100)104-80-85(92)79-103-109(97,98)105-83-86(107-90(95)77-73-69-65-61-57-53-47-36-32-28-24-20-16-12-8-4)81-101-88(93)75-71-67-63-59-55-51-48-44-39-35-31-27-23-19-15-11-7-3/h9-11,13-15,21-23,25-27,33-39,42-43,45-48,51-52,54,56,58,64,68,85-87,92H,5-8,12,16-20,24,28-32,40-41,44,49-50,53,55,57,59-63,65-67,69-84H2,1-4H3,(H,97,98)(H,99,100)/b13-9-,14-10-,15-11-,25-21-,26-22-,27-23-,37-33-,38-34-,39-35-,45-42-,46-43-,47-36-,51-48-,56-52-,58-54-,68-64-. The highest BCUT2D eigenvalue weighted by Gasteiger charge is 2.30. The van der Waals surface area contributed by atoms with Crippen molar-refractivity contribution in [2.24, 2.45) is 0 Å². The lowest BCUT2D eigenvalue weighted by Gasteiger charge is -2.21. The number of hydrogen-bond donors (Lipinski definition) is 3. The normalized spacial score (nSPS) is 14.8. The van der Waals surface area contributed by atoms with Crippen LogP contribution >= 0.6 is 15.6 Å². The minimum absolute atomic E-state index is 0.0201. The van der Waals surface area contributed by atoms with E-state index < -0.39 is 97.5 Å². The molecule has 0 aromatic rings. The highest BCUT2D eigenvalue weighted by molar-refractivity contribution is 7.47. The molecule has 0 aliphatic carbocycles. The Labute approximate surface area is 666 Å². The van der Waals surface area contributed by atoms with Crippen molar-refractivity contribution in [3.8, 4) is 0 Å². The number of carbonyl (C=O) groups is 4. The van der Waals surface area contributed by atoms with E-state index in [4.69, 9.17) is 37.0 Å². The van der Waals surface area contributed by atoms with E-state index in [9.17, 15) is 43.2 Å². The summed E-state index contributed by atoms with van der Waals surface area (Å²) in [4.78, 5) is 73.2. The molecule has 0 heterocycles. The number of phosphoric ester groups is 2. The molecule has 0 aromatic carbocycles. The van der Waals surface area contributed by atoms with Crippen LogP contribution in [-0.2, 0) is 65.4 Å². The van der Waals surface area contributed by atoms with Gasteiger partial charge in [0, 0.05) is 25.7 Å². The van der Waals surface area contributed by atoms with Crippen LogP contribution in [0.15, 0.2) is 194 Å². The van der Waals surface area contributed by atoms with Crippen molar-refractivity contribution in [3.05, 3.63) is 194 Å². The van der Waals surface area contributed by atoms with Gasteiger partial charge < -0.3 is 33.8 Å². The second-order valence-corrected chi connectivity index (χ2v) is 29.8. The number of allylic oxidation sites excluding steroid dienone is 32. The van der Waals surface area contributed by atoms with Crippen molar-refractivity contribution in [1.29, 1.82) is 0 Å². The van der Waals surface area contributed by atoms with E-state index in [0.717, 1.165) is 173 Å². The van der Waals surface area contributed by atoms with Crippen molar-refractivity contribution in [1.82, 2.24) is 0 Å². The highest BCUT2D eigenvalue weighted by atomic mass is 31.2. The second kappa shape index (κ2) is 80.9. The summed E-state index contributed by atoms with van der Waals surface area (Å²) < 4.78 is 68.6. The van der Waals surface area contributed by atoms with Gasteiger partial charge in [0.25, 0.3) is 0 Å². The Hall–Kier alpha value is -6.10. The molecule has 19 heteroatoms. The fourth-order valence-corrected chi connectivity index (χ4v) is 11.9. The van der Waals surface area contributed by atoms with Crippen LogP contribution in [0.1, 0.15) is 297 Å². The van der Waals surface area contributed by atoms with Gasteiger partial charge in [-0.2, -0.15) is 0 Å². The molecule has 0 fully saturated rings. The van der Waals surface area contributed by atoms with Gasteiger partial charge in [-0.1, -0.05) is 293 Å². The Bertz CT molecular complexity index is 2850. The molecule has 0 aliphatic heterocycles. The van der Waals surface area contributed by atoms with Gasteiger partial charge in [-0.3, -0.25) is 37.3 Å². The number of aliphatic hydroxyl groups is 1. The number of hydrogen-bond acceptors (Lipinski definition) is 15. The lowest BCUT2D eigenvalue weighted by molar-refractivity contribution is -0.161. The van der Waals surface area contributed by atoms with Gasteiger partial charge in [-0.05, 0) is 173 Å². The molecule has 17 nitrogen and oxygen atoms in total. The molecule has 0 spiro atoms. The first-order chi connectivity index (χ1) is 53.7. The monoisotopic (exact) mass is 1570 g/mol. The molecule has 5 atom stereocenters. The molecule has 0 aliphatic rings. The van der Waals surface area contributed by atoms with Gasteiger partial charge in [0.2, 0.25) is 0 Å². The van der Waals surface area contributed by atoms with Gasteiger partial charge in [-0.25, -0.2) is 9.13 Å². The topological polar surface area (TPSA) is 237 Å². The molecule has 5 unspecified atom stereocenters. The van der Waals surface area contributed by atoms with Crippen molar-refractivity contribution >= 4 is 39.5 Å². The van der Waals surface area contributed by atoms with Crippen LogP contribution < -0.4 is 0 Å². The van der Waals surface area contributed by atoms with Gasteiger partial charge in [0.1, 0.15) is 19.3 Å². The van der Waals surface area contributed by atoms with Crippen LogP contribution in [0.2, 0.25) is 0 Å². The first kappa shape index (κ1) is 104. The minimum atomic E-state index is -5.02. The van der Waals surface area contributed by atoms with E-state index in [0.29, 0.717) is 32.1 Å². The quantitative estimate of drug-likeness (QED) is 0.0169. The summed E-state index contributed by atoms with van der Waals surface area (Å²) in [7, 11) is -10.0. The highest BCUT2D eigenvalue weighted by Crippen LogP contribution is 2.45. The van der Waals surface area contributed by atoms with Gasteiger partial charge in [-0.15, -0.1) is 0 Å². The fraction of sp³-hybridized carbons (Fsp3) is 0.604. The van der Waals surface area contributed by atoms with Gasteiger partial charge >= 0.3 is 39.5 Å². The number of esters is 4. The van der Waals surface area contributed by atoms with Crippen LogP contribution in [0.5, 0.6) is 0 Å². The van der Waals surface area contributed by atoms with E-state index in [2.05, 4.69) is 204 Å². The average molecular weight is 1570 g/mol. The maximum Gasteiger partial charge on any atom is 0.472 e. The summed E-state index contributed by atoms with van der Waals surface area (Å²) >= 11 is 0. The zero-order valence-corrected chi connectivity index (χ0v) is 69.9. The third-order valence-corrected chi connectivity index (χ3v) is 18.4. The molecular weight excluding hydrogens is 1430 g/mol.